The second-order valence-corrected chi connectivity index (χ2v) is 14.0. The van der Waals surface area contributed by atoms with E-state index in [1.807, 2.05) is 48.7 Å². The highest BCUT2D eigenvalue weighted by atomic mass is 16.4. The van der Waals surface area contributed by atoms with Gasteiger partial charge < -0.3 is 25.3 Å². The maximum absolute atomic E-state index is 11.2. The number of benzene rings is 3. The third kappa shape index (κ3) is 6.48. The van der Waals surface area contributed by atoms with Gasteiger partial charge in [0, 0.05) is 61.3 Å². The number of aliphatic hydroxyl groups excluding tert-OH is 1. The molecule has 0 amide bonds. The van der Waals surface area contributed by atoms with Gasteiger partial charge in [-0.05, 0) is 103 Å². The number of aliphatic carboxylic acids is 1. The van der Waals surface area contributed by atoms with Gasteiger partial charge in [-0.25, -0.2) is 9.97 Å². The van der Waals surface area contributed by atoms with E-state index in [1.54, 1.807) is 6.20 Å². The fourth-order valence-electron chi connectivity index (χ4n) is 7.49. The molecule has 2 fully saturated rings. The highest BCUT2D eigenvalue weighted by Gasteiger charge is 2.34. The normalized spacial score (nSPS) is 18.8. The predicted octanol–water partition coefficient (Wildman–Crippen LogP) is 6.86. The van der Waals surface area contributed by atoms with Crippen LogP contribution in [0.4, 0.5) is 11.5 Å². The van der Waals surface area contributed by atoms with Crippen LogP contribution in [0.5, 0.6) is 0 Å². The lowest BCUT2D eigenvalue weighted by molar-refractivity contribution is -0.145. The summed E-state index contributed by atoms with van der Waals surface area (Å²) in [5.41, 5.74) is 10.1. The Morgan fingerprint density at radius 2 is 1.81 bits per heavy atom. The van der Waals surface area contributed by atoms with E-state index in [0.29, 0.717) is 54.3 Å². The smallest absolute Gasteiger partial charge is 0.306 e. The summed E-state index contributed by atoms with van der Waals surface area (Å²) in [6.45, 7) is 6.98. The molecule has 0 radical (unpaired) electrons. The number of likely N-dealkylation sites (tertiary alicyclic amines) is 1. The molecular weight excluding hydrogens is 654 g/mol. The summed E-state index contributed by atoms with van der Waals surface area (Å²) in [4.78, 5) is 27.7. The lowest BCUT2D eigenvalue weighted by Crippen LogP contribution is -2.43. The number of carboxylic acids is 1. The maximum atomic E-state index is 11.2. The number of nitriles is 1. The van der Waals surface area contributed by atoms with E-state index >= 15 is 0 Å². The number of carbonyl (C=O) groups is 1. The molecule has 1 saturated heterocycles. The number of rotatable bonds is 10. The Morgan fingerprint density at radius 1 is 1.02 bits per heavy atom. The second kappa shape index (κ2) is 13.8. The number of carboxylic acid groups (broad SMARTS) is 1. The number of oxazole rings is 1. The van der Waals surface area contributed by atoms with Crippen molar-refractivity contribution in [1.29, 1.82) is 5.26 Å². The van der Waals surface area contributed by atoms with Gasteiger partial charge in [0.2, 0.25) is 5.89 Å². The lowest BCUT2D eigenvalue weighted by atomic mass is 9.80. The molecular formula is C41H39N7O4. The van der Waals surface area contributed by atoms with Gasteiger partial charge in [0.15, 0.2) is 11.4 Å². The predicted molar refractivity (Wildman–Crippen MR) is 199 cm³/mol. The number of aliphatic hydroxyl groups is 1. The fourth-order valence-corrected chi connectivity index (χ4v) is 7.49. The molecule has 0 bridgehead atoms. The third-order valence-corrected chi connectivity index (χ3v) is 10.5. The molecule has 52 heavy (non-hydrogen) atoms. The van der Waals surface area contributed by atoms with Crippen LogP contribution in [0.25, 0.3) is 44.6 Å². The van der Waals surface area contributed by atoms with E-state index in [0.717, 1.165) is 75.0 Å². The van der Waals surface area contributed by atoms with Crippen LogP contribution >= 0.6 is 0 Å². The lowest BCUT2D eigenvalue weighted by Gasteiger charge is -2.33. The molecule has 3 aromatic carbocycles. The molecule has 4 heterocycles. The molecule has 1 aliphatic carbocycles. The second-order valence-electron chi connectivity index (χ2n) is 14.0. The Bertz CT molecular complexity index is 2380. The average Bonchev–Trinajstić information content (AvgIpc) is 3.73. The van der Waals surface area contributed by atoms with E-state index in [2.05, 4.69) is 58.6 Å². The van der Waals surface area contributed by atoms with Crippen molar-refractivity contribution in [3.63, 3.8) is 0 Å². The van der Waals surface area contributed by atoms with E-state index in [4.69, 9.17) is 14.4 Å². The van der Waals surface area contributed by atoms with Crippen LogP contribution in [0.1, 0.15) is 47.1 Å². The molecule has 8 rings (SSSR count). The molecule has 1 saturated carbocycles. The minimum Gasteiger partial charge on any atom is -0.481 e. The third-order valence-electron chi connectivity index (χ3n) is 10.5. The Balaban J connectivity index is 1.05. The van der Waals surface area contributed by atoms with E-state index in [1.165, 1.54) is 0 Å². The Kier molecular flexibility index (Phi) is 8.89. The molecule has 262 valence electrons. The summed E-state index contributed by atoms with van der Waals surface area (Å²) in [5, 5.41) is 37.0. The first kappa shape index (κ1) is 33.5. The van der Waals surface area contributed by atoms with Crippen molar-refractivity contribution in [2.75, 3.05) is 18.4 Å². The quantitative estimate of drug-likeness (QED) is 0.119. The number of hydrogen-bond acceptors (Lipinski definition) is 10. The Hall–Kier alpha value is -5.67. The molecule has 11 heteroatoms. The maximum Gasteiger partial charge on any atom is 0.306 e. The number of nitrogens with zero attached hydrogens (tertiary/aromatic N) is 5. The van der Waals surface area contributed by atoms with Crippen molar-refractivity contribution < 1.29 is 19.4 Å². The van der Waals surface area contributed by atoms with Crippen LogP contribution in [-0.4, -0.2) is 61.3 Å². The number of anilines is 2. The largest absolute Gasteiger partial charge is 0.481 e. The number of β-amino-alcohol motifs (C(OH)–C–C–N with tert-alkyl or cyclic N) is 1. The molecule has 3 aromatic heterocycles. The zero-order chi connectivity index (χ0) is 35.9. The number of hydrogen-bond donors (Lipinski definition) is 4. The summed E-state index contributed by atoms with van der Waals surface area (Å²) in [6.07, 6.45) is 5.46. The zero-order valence-electron chi connectivity index (χ0n) is 29.1. The van der Waals surface area contributed by atoms with Crippen molar-refractivity contribution in [3.05, 3.63) is 101 Å². The van der Waals surface area contributed by atoms with Crippen molar-refractivity contribution >= 4 is 39.5 Å². The average molecular weight is 694 g/mol. The highest BCUT2D eigenvalue weighted by molar-refractivity contribution is 5.91. The van der Waals surface area contributed by atoms with Gasteiger partial charge in [0.05, 0.1) is 17.6 Å². The van der Waals surface area contributed by atoms with Gasteiger partial charge >= 0.3 is 5.97 Å². The van der Waals surface area contributed by atoms with Gasteiger partial charge in [-0.15, -0.1) is 0 Å². The molecule has 1 aliphatic heterocycles. The topological polar surface area (TPSA) is 160 Å². The van der Waals surface area contributed by atoms with Crippen LogP contribution in [-0.2, 0) is 17.9 Å². The SMILES string of the molecule is Cc1c(Nc2nccc3cc(CN4CC[C@@H](O)C4)cnc23)cccc1-c1cccc(-c2nc3cc(CNC4CC(C(=O)O)C4)cc(C#N)c3o2)c1C. The summed E-state index contributed by atoms with van der Waals surface area (Å²) in [7, 11) is 0. The minimum absolute atomic E-state index is 0.146. The molecule has 2 aliphatic rings. The Labute approximate surface area is 301 Å². The summed E-state index contributed by atoms with van der Waals surface area (Å²) < 4.78 is 6.26. The first-order valence-corrected chi connectivity index (χ1v) is 17.6. The van der Waals surface area contributed by atoms with Crippen LogP contribution in [0, 0.1) is 31.1 Å². The highest BCUT2D eigenvalue weighted by Crippen LogP contribution is 2.38. The van der Waals surface area contributed by atoms with Crippen molar-refractivity contribution in [2.45, 2.75) is 58.3 Å². The molecule has 0 spiro atoms. The summed E-state index contributed by atoms with van der Waals surface area (Å²) >= 11 is 0. The van der Waals surface area contributed by atoms with Crippen molar-refractivity contribution in [1.82, 2.24) is 25.2 Å². The van der Waals surface area contributed by atoms with Gasteiger partial charge in [-0.1, -0.05) is 24.3 Å². The van der Waals surface area contributed by atoms with Gasteiger partial charge in [0.25, 0.3) is 0 Å². The molecule has 0 unspecified atom stereocenters. The van der Waals surface area contributed by atoms with Crippen molar-refractivity contribution in [3.8, 4) is 28.7 Å². The van der Waals surface area contributed by atoms with Crippen molar-refractivity contribution in [2.24, 2.45) is 5.92 Å². The minimum atomic E-state index is -0.748. The first-order valence-electron chi connectivity index (χ1n) is 17.6. The number of pyridine rings is 2. The molecule has 4 N–H and O–H groups in total. The molecule has 6 aromatic rings. The first-order chi connectivity index (χ1) is 25.2. The fraction of sp³-hybridized carbons (Fsp3) is 0.293. The van der Waals surface area contributed by atoms with E-state index in [9.17, 15) is 20.3 Å². The number of fused-ring (bicyclic) bond motifs is 2. The van der Waals surface area contributed by atoms with Gasteiger partial charge in [0.1, 0.15) is 17.1 Å². The summed E-state index contributed by atoms with van der Waals surface area (Å²) in [6, 6.07) is 22.5. The van der Waals surface area contributed by atoms with Crippen LogP contribution in [0.3, 0.4) is 0 Å². The van der Waals surface area contributed by atoms with Crippen LogP contribution in [0.2, 0.25) is 0 Å². The van der Waals surface area contributed by atoms with Gasteiger partial charge in [-0.2, -0.15) is 5.26 Å². The monoisotopic (exact) mass is 693 g/mol. The van der Waals surface area contributed by atoms with E-state index < -0.39 is 5.97 Å². The van der Waals surface area contributed by atoms with Crippen LogP contribution in [0.15, 0.2) is 77.5 Å². The zero-order valence-corrected chi connectivity index (χ0v) is 29.1. The number of aromatic nitrogens is 3. The molecule has 11 nitrogen and oxygen atoms in total. The number of nitrogens with one attached hydrogen (secondary N) is 2. The van der Waals surface area contributed by atoms with Gasteiger partial charge in [-0.3, -0.25) is 14.7 Å². The standard InChI is InChI=1S/C41H39N7O4/c1-23-32(5-3-7-34(23)40-47-36-15-25(13-29(18-42)38(36)52-40)19-44-30-16-28(17-30)41(50)51)33-6-4-8-35(24(33)2)46-39-37-27(9-11-43-39)14-26(20-45-37)21-48-12-10-31(49)22-48/h3-9,11,13-15,20,28,30-31,44,49H,10,12,16-17,19,21-22H2,1-2H3,(H,43,46)(H,50,51)/t28?,30?,31-/m1/s1. The molecule has 1 atom stereocenters. The Morgan fingerprint density at radius 3 is 2.58 bits per heavy atom. The van der Waals surface area contributed by atoms with E-state index in [-0.39, 0.29) is 18.1 Å². The summed E-state index contributed by atoms with van der Waals surface area (Å²) in [5.74, 6) is 0.0845. The van der Waals surface area contributed by atoms with Crippen LogP contribution < -0.4 is 10.6 Å².